The molecule has 0 aliphatic carbocycles. The highest BCUT2D eigenvalue weighted by atomic mass is 16.2. The molecule has 0 spiro atoms. The van der Waals surface area contributed by atoms with Crippen molar-refractivity contribution in [1.29, 1.82) is 0 Å². The molecule has 4 nitrogen and oxygen atoms in total. The van der Waals surface area contributed by atoms with Crippen LogP contribution in [0.5, 0.6) is 0 Å². The van der Waals surface area contributed by atoms with Crippen molar-refractivity contribution >= 4 is 60.6 Å². The van der Waals surface area contributed by atoms with Gasteiger partial charge < -0.3 is 5.73 Å². The first-order chi connectivity index (χ1) is 19.1. The summed E-state index contributed by atoms with van der Waals surface area (Å²) in [6, 6.07) is 18.3. The van der Waals surface area contributed by atoms with Gasteiger partial charge in [-0.3, -0.25) is 14.5 Å². The summed E-state index contributed by atoms with van der Waals surface area (Å²) in [5, 5.41) is 8.36. The molecule has 5 aromatic carbocycles. The standard InChI is InChI=1S/C35H38N2O2/c1-3-5-7-9-12-22(13-10-8-6-4-2)37-34(38)28-18-16-25-23-14-11-15-27-30(36)21-20-24(31(23)27)26-17-19-29(35(37)39)33(28)32(25)26/h11,14-22H,3-10,12-13,36H2,1-2H3. The number of benzene rings is 5. The molecule has 39 heavy (non-hydrogen) atoms. The number of amides is 2. The van der Waals surface area contributed by atoms with Crippen LogP contribution in [0, 0.1) is 0 Å². The first kappa shape index (κ1) is 25.6. The van der Waals surface area contributed by atoms with Crippen LogP contribution >= 0.6 is 0 Å². The van der Waals surface area contributed by atoms with E-state index in [1.807, 2.05) is 24.3 Å². The Balaban J connectivity index is 1.49. The van der Waals surface area contributed by atoms with Gasteiger partial charge >= 0.3 is 0 Å². The van der Waals surface area contributed by atoms with Crippen LogP contribution in [-0.4, -0.2) is 22.8 Å². The van der Waals surface area contributed by atoms with Crippen molar-refractivity contribution in [3.63, 3.8) is 0 Å². The molecule has 1 heterocycles. The van der Waals surface area contributed by atoms with E-state index in [-0.39, 0.29) is 17.9 Å². The number of anilines is 1. The summed E-state index contributed by atoms with van der Waals surface area (Å²) in [6.07, 6.45) is 10.9. The third-order valence-corrected chi connectivity index (χ3v) is 8.86. The Morgan fingerprint density at radius 2 is 1.10 bits per heavy atom. The molecule has 0 unspecified atom stereocenters. The SMILES string of the molecule is CCCCCCC(CCCCCC)N1C(=O)c2ccc3c4cccc5c(N)ccc(c6ccc(c2c36)C1=O)c54. The van der Waals surface area contributed by atoms with Crippen molar-refractivity contribution < 1.29 is 9.59 Å². The minimum absolute atomic E-state index is 0.0494. The number of hydrogen-bond acceptors (Lipinski definition) is 3. The summed E-state index contributed by atoms with van der Waals surface area (Å²) in [7, 11) is 0. The Bertz CT molecular complexity index is 1620. The van der Waals surface area contributed by atoms with Gasteiger partial charge in [-0.2, -0.15) is 0 Å². The van der Waals surface area contributed by atoms with Crippen LogP contribution in [0.3, 0.4) is 0 Å². The number of unbranched alkanes of at least 4 members (excludes halogenated alkanes) is 6. The van der Waals surface area contributed by atoms with Gasteiger partial charge in [0, 0.05) is 33.6 Å². The smallest absolute Gasteiger partial charge is 0.261 e. The molecule has 6 rings (SSSR count). The third-order valence-electron chi connectivity index (χ3n) is 8.86. The molecule has 0 aromatic heterocycles. The number of rotatable bonds is 11. The largest absolute Gasteiger partial charge is 0.398 e. The molecule has 2 N–H and O–H groups in total. The number of fused-ring (bicyclic) bond motifs is 2. The highest BCUT2D eigenvalue weighted by Crippen LogP contribution is 2.45. The second-order valence-corrected chi connectivity index (χ2v) is 11.3. The lowest BCUT2D eigenvalue weighted by Crippen LogP contribution is -2.47. The number of hydrogen-bond donors (Lipinski definition) is 1. The molecule has 0 saturated carbocycles. The van der Waals surface area contributed by atoms with E-state index in [4.69, 9.17) is 5.73 Å². The van der Waals surface area contributed by atoms with Crippen LogP contribution in [0.1, 0.15) is 98.8 Å². The Labute approximate surface area is 230 Å². The summed E-state index contributed by atoms with van der Waals surface area (Å²) < 4.78 is 0. The number of carbonyl (C=O) groups excluding carboxylic acids is 2. The average Bonchev–Trinajstić information content (AvgIpc) is 2.95. The Morgan fingerprint density at radius 1 is 0.590 bits per heavy atom. The fourth-order valence-corrected chi connectivity index (χ4v) is 6.88. The second kappa shape index (κ2) is 10.5. The van der Waals surface area contributed by atoms with Crippen molar-refractivity contribution in [3.8, 4) is 0 Å². The van der Waals surface area contributed by atoms with Gasteiger partial charge in [-0.25, -0.2) is 0 Å². The highest BCUT2D eigenvalue weighted by molar-refractivity contribution is 6.38. The van der Waals surface area contributed by atoms with E-state index >= 15 is 0 Å². The number of nitrogens with zero attached hydrogens (tertiary/aromatic N) is 1. The van der Waals surface area contributed by atoms with E-state index in [2.05, 4.69) is 44.2 Å². The van der Waals surface area contributed by atoms with E-state index in [0.29, 0.717) is 11.1 Å². The Hall–Kier alpha value is -3.66. The summed E-state index contributed by atoms with van der Waals surface area (Å²) in [5.41, 5.74) is 8.43. The predicted octanol–water partition coefficient (Wildman–Crippen LogP) is 9.22. The minimum Gasteiger partial charge on any atom is -0.398 e. The predicted molar refractivity (Wildman–Crippen MR) is 164 cm³/mol. The first-order valence-corrected chi connectivity index (χ1v) is 14.9. The lowest BCUT2D eigenvalue weighted by Gasteiger charge is -2.34. The van der Waals surface area contributed by atoms with Gasteiger partial charge in [0.1, 0.15) is 0 Å². The van der Waals surface area contributed by atoms with Crippen LogP contribution in [-0.2, 0) is 0 Å². The fraction of sp³-hybridized carbons (Fsp3) is 0.371. The van der Waals surface area contributed by atoms with Crippen molar-refractivity contribution in [2.75, 3.05) is 5.73 Å². The molecular formula is C35H38N2O2. The molecule has 0 bridgehead atoms. The monoisotopic (exact) mass is 518 g/mol. The van der Waals surface area contributed by atoms with E-state index in [1.165, 1.54) is 25.7 Å². The number of imide groups is 1. The van der Waals surface area contributed by atoms with Gasteiger partial charge in [0.2, 0.25) is 0 Å². The van der Waals surface area contributed by atoms with E-state index < -0.39 is 0 Å². The maximum absolute atomic E-state index is 14.1. The molecular weight excluding hydrogens is 480 g/mol. The second-order valence-electron chi connectivity index (χ2n) is 11.3. The van der Waals surface area contributed by atoms with Crippen molar-refractivity contribution in [2.45, 2.75) is 84.1 Å². The number of carbonyl (C=O) groups is 2. The molecule has 0 atom stereocenters. The van der Waals surface area contributed by atoms with Gasteiger partial charge in [-0.1, -0.05) is 102 Å². The summed E-state index contributed by atoms with van der Waals surface area (Å²) in [6.45, 7) is 4.42. The highest BCUT2D eigenvalue weighted by Gasteiger charge is 2.38. The number of nitrogen functional groups attached to an aromatic ring is 1. The van der Waals surface area contributed by atoms with Crippen molar-refractivity contribution in [2.24, 2.45) is 0 Å². The maximum Gasteiger partial charge on any atom is 0.261 e. The van der Waals surface area contributed by atoms with Crippen LogP contribution in [0.4, 0.5) is 5.69 Å². The molecule has 1 aliphatic rings. The minimum atomic E-state index is -0.131. The van der Waals surface area contributed by atoms with Gasteiger partial charge in [-0.05, 0) is 63.4 Å². The zero-order chi connectivity index (χ0) is 27.1. The van der Waals surface area contributed by atoms with Crippen molar-refractivity contribution in [1.82, 2.24) is 4.90 Å². The van der Waals surface area contributed by atoms with Crippen LogP contribution in [0.2, 0.25) is 0 Å². The van der Waals surface area contributed by atoms with Gasteiger partial charge in [-0.15, -0.1) is 0 Å². The lowest BCUT2D eigenvalue weighted by atomic mass is 9.84. The molecule has 1 aliphatic heterocycles. The number of nitrogens with two attached hydrogens (primary N) is 1. The quantitative estimate of drug-likeness (QED) is 0.0623. The molecule has 0 saturated heterocycles. The molecule has 0 radical (unpaired) electrons. The normalized spacial score (nSPS) is 13.8. The molecule has 200 valence electrons. The Kier molecular flexibility index (Phi) is 6.88. The van der Waals surface area contributed by atoms with E-state index in [9.17, 15) is 9.59 Å². The average molecular weight is 519 g/mol. The zero-order valence-corrected chi connectivity index (χ0v) is 23.2. The lowest BCUT2D eigenvalue weighted by molar-refractivity contribution is 0.0517. The molecule has 5 aromatic rings. The summed E-state index contributed by atoms with van der Waals surface area (Å²) in [4.78, 5) is 29.9. The topological polar surface area (TPSA) is 63.4 Å². The van der Waals surface area contributed by atoms with Crippen LogP contribution in [0.25, 0.3) is 43.1 Å². The fourth-order valence-electron chi connectivity index (χ4n) is 6.88. The van der Waals surface area contributed by atoms with Gasteiger partial charge in [0.15, 0.2) is 0 Å². The van der Waals surface area contributed by atoms with E-state index in [1.54, 1.807) is 4.90 Å². The first-order valence-electron chi connectivity index (χ1n) is 14.9. The Morgan fingerprint density at radius 3 is 1.69 bits per heavy atom. The molecule has 2 amide bonds. The summed E-state index contributed by atoms with van der Waals surface area (Å²) >= 11 is 0. The molecule has 4 heteroatoms. The molecule has 0 fully saturated rings. The maximum atomic E-state index is 14.1. The third kappa shape index (κ3) is 4.12. The van der Waals surface area contributed by atoms with Crippen molar-refractivity contribution in [3.05, 3.63) is 65.7 Å². The van der Waals surface area contributed by atoms with Crippen LogP contribution < -0.4 is 5.73 Å². The summed E-state index contributed by atoms with van der Waals surface area (Å²) in [5.74, 6) is -0.262. The van der Waals surface area contributed by atoms with Gasteiger partial charge in [0.25, 0.3) is 11.8 Å². The van der Waals surface area contributed by atoms with Crippen LogP contribution in [0.15, 0.2) is 54.6 Å². The zero-order valence-electron chi connectivity index (χ0n) is 23.2. The van der Waals surface area contributed by atoms with Gasteiger partial charge in [0.05, 0.1) is 0 Å². The van der Waals surface area contributed by atoms with E-state index in [0.717, 1.165) is 87.3 Å².